The lowest BCUT2D eigenvalue weighted by atomic mass is 10.00. The Morgan fingerprint density at radius 2 is 1.47 bits per heavy atom. The van der Waals surface area contributed by atoms with Crippen molar-refractivity contribution in [1.29, 1.82) is 0 Å². The van der Waals surface area contributed by atoms with Gasteiger partial charge in [0.05, 0.1) is 0 Å². The summed E-state index contributed by atoms with van der Waals surface area (Å²) in [6.07, 6.45) is 8.78. The molecule has 1 aliphatic carbocycles. The van der Waals surface area contributed by atoms with Crippen LogP contribution in [0.5, 0.6) is 0 Å². The minimum Gasteiger partial charge on any atom is -0.300 e. The Morgan fingerprint density at radius 3 is 1.73 bits per heavy atom. The van der Waals surface area contributed by atoms with E-state index in [0.717, 1.165) is 51.4 Å². The second-order valence-corrected chi connectivity index (χ2v) is 4.14. The molecule has 0 N–H and O–H groups in total. The fraction of sp³-hybridized carbons (Fsp3) is 0.846. The zero-order chi connectivity index (χ0) is 11.5. The van der Waals surface area contributed by atoms with Gasteiger partial charge in [0.1, 0.15) is 11.6 Å². The third-order valence-corrected chi connectivity index (χ3v) is 2.47. The Balaban J connectivity index is 0.000000262. The van der Waals surface area contributed by atoms with E-state index in [1.165, 1.54) is 6.42 Å². The average Bonchev–Trinajstić information content (AvgIpc) is 2.20. The van der Waals surface area contributed by atoms with Crippen molar-refractivity contribution in [2.24, 2.45) is 0 Å². The van der Waals surface area contributed by atoms with Crippen LogP contribution in [0.4, 0.5) is 0 Å². The van der Waals surface area contributed by atoms with Crippen LogP contribution in [-0.2, 0) is 9.59 Å². The Kier molecular flexibility index (Phi) is 9.44. The molecule has 2 heteroatoms. The van der Waals surface area contributed by atoms with Gasteiger partial charge < -0.3 is 0 Å². The molecule has 0 aromatic rings. The van der Waals surface area contributed by atoms with Crippen LogP contribution in [0.1, 0.15) is 71.6 Å². The van der Waals surface area contributed by atoms with Crippen molar-refractivity contribution in [2.75, 3.05) is 0 Å². The highest BCUT2D eigenvalue weighted by Crippen LogP contribution is 2.12. The summed E-state index contributed by atoms with van der Waals surface area (Å²) in [5.41, 5.74) is 0. The van der Waals surface area contributed by atoms with Crippen LogP contribution in [0.3, 0.4) is 0 Å². The molecule has 1 saturated carbocycles. The molecule has 0 aromatic heterocycles. The van der Waals surface area contributed by atoms with Crippen molar-refractivity contribution in [1.82, 2.24) is 0 Å². The lowest BCUT2D eigenvalue weighted by Crippen LogP contribution is -2.02. The molecule has 1 aliphatic rings. The summed E-state index contributed by atoms with van der Waals surface area (Å²) in [5.74, 6) is 0.876. The molecule has 0 amide bonds. The molecule has 0 bridgehead atoms. The first-order chi connectivity index (χ1) is 7.20. The zero-order valence-electron chi connectivity index (χ0n) is 10.2. The molecule has 1 fully saturated rings. The van der Waals surface area contributed by atoms with E-state index in [2.05, 4.69) is 0 Å². The third kappa shape index (κ3) is 9.64. The summed E-state index contributed by atoms with van der Waals surface area (Å²) in [5, 5.41) is 0. The van der Waals surface area contributed by atoms with Crippen molar-refractivity contribution in [3.63, 3.8) is 0 Å². The zero-order valence-corrected chi connectivity index (χ0v) is 10.2. The summed E-state index contributed by atoms with van der Waals surface area (Å²) in [4.78, 5) is 21.1. The summed E-state index contributed by atoms with van der Waals surface area (Å²) < 4.78 is 0. The maximum Gasteiger partial charge on any atom is 0.132 e. The van der Waals surface area contributed by atoms with Gasteiger partial charge in [0, 0.05) is 25.7 Å². The van der Waals surface area contributed by atoms with Gasteiger partial charge in [-0.3, -0.25) is 9.59 Å². The molecular weight excluding hydrogens is 188 g/mol. The maximum atomic E-state index is 10.6. The van der Waals surface area contributed by atoms with E-state index in [-0.39, 0.29) is 0 Å². The van der Waals surface area contributed by atoms with Crippen LogP contribution in [0, 0.1) is 0 Å². The van der Waals surface area contributed by atoms with E-state index in [1.807, 2.05) is 13.8 Å². The number of Topliss-reactive ketones (excluding diaryl/α,β-unsaturated/α-hetero) is 2. The smallest absolute Gasteiger partial charge is 0.132 e. The molecule has 0 atom stereocenters. The topological polar surface area (TPSA) is 34.1 Å². The Bertz CT molecular complexity index is 169. The van der Waals surface area contributed by atoms with Gasteiger partial charge in [0.25, 0.3) is 0 Å². The van der Waals surface area contributed by atoms with Gasteiger partial charge in [-0.1, -0.05) is 20.3 Å². The molecule has 0 unspecified atom stereocenters. The van der Waals surface area contributed by atoms with Crippen LogP contribution < -0.4 is 0 Å². The average molecular weight is 212 g/mol. The molecule has 0 heterocycles. The van der Waals surface area contributed by atoms with Gasteiger partial charge in [-0.15, -0.1) is 0 Å². The lowest BCUT2D eigenvalue weighted by molar-refractivity contribution is -0.120. The number of rotatable bonds is 4. The van der Waals surface area contributed by atoms with Crippen molar-refractivity contribution >= 4 is 11.6 Å². The molecular formula is C13H24O2. The van der Waals surface area contributed by atoms with Gasteiger partial charge in [0.2, 0.25) is 0 Å². The normalized spacial score (nSPS) is 15.5. The maximum absolute atomic E-state index is 10.6. The summed E-state index contributed by atoms with van der Waals surface area (Å²) >= 11 is 0. The van der Waals surface area contributed by atoms with E-state index < -0.39 is 0 Å². The third-order valence-electron chi connectivity index (χ3n) is 2.47. The second-order valence-electron chi connectivity index (χ2n) is 4.14. The highest BCUT2D eigenvalue weighted by Gasteiger charge is 2.05. The molecule has 88 valence electrons. The molecule has 0 aliphatic heterocycles. The van der Waals surface area contributed by atoms with E-state index >= 15 is 0 Å². The highest BCUT2D eigenvalue weighted by atomic mass is 16.1. The van der Waals surface area contributed by atoms with Gasteiger partial charge in [-0.2, -0.15) is 0 Å². The summed E-state index contributed by atoms with van der Waals surface area (Å²) in [7, 11) is 0. The Labute approximate surface area is 93.4 Å². The quantitative estimate of drug-likeness (QED) is 0.712. The van der Waals surface area contributed by atoms with E-state index in [4.69, 9.17) is 0 Å². The first kappa shape index (κ1) is 14.3. The van der Waals surface area contributed by atoms with Crippen LogP contribution in [0.2, 0.25) is 0 Å². The summed E-state index contributed by atoms with van der Waals surface area (Å²) in [6, 6.07) is 0. The molecule has 0 radical (unpaired) electrons. The second kappa shape index (κ2) is 9.88. The highest BCUT2D eigenvalue weighted by molar-refractivity contribution is 5.78. The first-order valence-electron chi connectivity index (χ1n) is 6.24. The fourth-order valence-corrected chi connectivity index (χ4v) is 1.63. The van der Waals surface area contributed by atoms with Crippen molar-refractivity contribution < 1.29 is 9.59 Å². The van der Waals surface area contributed by atoms with Crippen LogP contribution in [0.25, 0.3) is 0 Å². The van der Waals surface area contributed by atoms with E-state index in [1.54, 1.807) is 0 Å². The van der Waals surface area contributed by atoms with Crippen molar-refractivity contribution in [3.8, 4) is 0 Å². The number of ketones is 2. The van der Waals surface area contributed by atoms with Crippen molar-refractivity contribution in [3.05, 3.63) is 0 Å². The van der Waals surface area contributed by atoms with E-state index in [9.17, 15) is 9.59 Å². The number of carbonyl (C=O) groups is 2. The molecule has 0 aromatic carbocycles. The molecule has 15 heavy (non-hydrogen) atoms. The Hall–Kier alpha value is -0.660. The van der Waals surface area contributed by atoms with Crippen molar-refractivity contribution in [2.45, 2.75) is 71.6 Å². The summed E-state index contributed by atoms with van der Waals surface area (Å²) in [6.45, 7) is 4.07. The Morgan fingerprint density at radius 1 is 1.00 bits per heavy atom. The number of hydrogen-bond donors (Lipinski definition) is 0. The van der Waals surface area contributed by atoms with Gasteiger partial charge in [-0.25, -0.2) is 0 Å². The fourth-order valence-electron chi connectivity index (χ4n) is 1.63. The number of hydrogen-bond acceptors (Lipinski definition) is 2. The monoisotopic (exact) mass is 212 g/mol. The largest absolute Gasteiger partial charge is 0.300 e. The molecule has 0 saturated heterocycles. The minimum absolute atomic E-state index is 0.412. The minimum atomic E-state index is 0.412. The SMILES string of the molecule is CCCC(=O)CCC.O=C1CCCCC1. The van der Waals surface area contributed by atoms with Gasteiger partial charge in [-0.05, 0) is 25.7 Å². The standard InChI is InChI=1S/C7H14O.C6H10O/c1-3-5-7(8)6-4-2;7-6-4-2-1-3-5-6/h3-6H2,1-2H3;1-5H2. The van der Waals surface area contributed by atoms with Crippen LogP contribution in [-0.4, -0.2) is 11.6 Å². The predicted molar refractivity (Wildman–Crippen MR) is 62.9 cm³/mol. The molecule has 0 spiro atoms. The predicted octanol–water partition coefficient (Wildman–Crippen LogP) is 3.68. The molecule has 2 nitrogen and oxygen atoms in total. The first-order valence-corrected chi connectivity index (χ1v) is 6.24. The van der Waals surface area contributed by atoms with Gasteiger partial charge in [0.15, 0.2) is 0 Å². The lowest BCUT2D eigenvalue weighted by Gasteiger charge is -2.05. The number of carbonyl (C=O) groups excluding carboxylic acids is 2. The van der Waals surface area contributed by atoms with Crippen LogP contribution in [0.15, 0.2) is 0 Å². The van der Waals surface area contributed by atoms with Crippen LogP contribution >= 0.6 is 0 Å². The molecule has 1 rings (SSSR count). The van der Waals surface area contributed by atoms with Gasteiger partial charge >= 0.3 is 0 Å². The van der Waals surface area contributed by atoms with E-state index in [0.29, 0.717) is 11.6 Å².